The maximum absolute atomic E-state index is 5.99. The highest BCUT2D eigenvalue weighted by Crippen LogP contribution is 2.27. The monoisotopic (exact) mass is 250 g/mol. The molecule has 5 heteroatoms. The minimum absolute atomic E-state index is 0.202. The van der Waals surface area contributed by atoms with E-state index in [9.17, 15) is 0 Å². The molecule has 1 heterocycles. The van der Waals surface area contributed by atoms with Gasteiger partial charge in [0.25, 0.3) is 0 Å². The van der Waals surface area contributed by atoms with Crippen molar-refractivity contribution in [1.82, 2.24) is 9.97 Å². The highest BCUT2D eigenvalue weighted by atomic mass is 16.5. The molecule has 1 fully saturated rings. The topological polar surface area (TPSA) is 64.3 Å². The van der Waals surface area contributed by atoms with Crippen LogP contribution >= 0.6 is 0 Å². The lowest BCUT2D eigenvalue weighted by Crippen LogP contribution is -2.35. The fourth-order valence-corrected chi connectivity index (χ4v) is 2.37. The first-order valence-corrected chi connectivity index (χ1v) is 6.58. The van der Waals surface area contributed by atoms with Gasteiger partial charge in [0.2, 0.25) is 11.8 Å². The van der Waals surface area contributed by atoms with E-state index in [1.54, 1.807) is 6.20 Å². The summed E-state index contributed by atoms with van der Waals surface area (Å²) in [6.07, 6.45) is 6.64. The zero-order valence-electron chi connectivity index (χ0n) is 11.2. The number of hydrogen-bond donors (Lipinski definition) is 1. The second-order valence-electron chi connectivity index (χ2n) is 5.03. The largest absolute Gasteiger partial charge is 0.474 e. The Morgan fingerprint density at radius 2 is 2.17 bits per heavy atom. The molecule has 2 N–H and O–H groups in total. The second kappa shape index (κ2) is 6.00. The zero-order valence-corrected chi connectivity index (χ0v) is 11.2. The summed E-state index contributed by atoms with van der Waals surface area (Å²) >= 11 is 0. The highest BCUT2D eigenvalue weighted by molar-refractivity contribution is 5.29. The quantitative estimate of drug-likeness (QED) is 0.876. The van der Waals surface area contributed by atoms with E-state index in [-0.39, 0.29) is 6.10 Å². The molecule has 0 saturated heterocycles. The van der Waals surface area contributed by atoms with E-state index in [4.69, 9.17) is 10.5 Å². The minimum atomic E-state index is 0.202. The molecule has 1 aromatic heterocycles. The summed E-state index contributed by atoms with van der Waals surface area (Å²) in [4.78, 5) is 10.4. The van der Waals surface area contributed by atoms with Gasteiger partial charge in [-0.1, -0.05) is 6.42 Å². The first-order valence-electron chi connectivity index (χ1n) is 6.58. The number of rotatable bonds is 4. The van der Waals surface area contributed by atoms with Gasteiger partial charge in [0.15, 0.2) is 0 Å². The number of ether oxygens (including phenoxy) is 1. The van der Waals surface area contributed by atoms with Crippen LogP contribution in [0, 0.1) is 5.92 Å². The van der Waals surface area contributed by atoms with Crippen LogP contribution in [0.1, 0.15) is 25.7 Å². The standard InChI is InChI=1S/C13H22N4O/c1-17(2)13-15-8-7-12(16-13)18-11-6-4-3-5-10(11)9-14/h7-8,10-11H,3-6,9,14H2,1-2H3. The van der Waals surface area contributed by atoms with E-state index in [1.807, 2.05) is 25.1 Å². The van der Waals surface area contributed by atoms with Crippen molar-refractivity contribution in [3.05, 3.63) is 12.3 Å². The molecule has 0 radical (unpaired) electrons. The highest BCUT2D eigenvalue weighted by Gasteiger charge is 2.26. The molecule has 2 rings (SSSR count). The second-order valence-corrected chi connectivity index (χ2v) is 5.03. The van der Waals surface area contributed by atoms with E-state index in [0.717, 1.165) is 12.8 Å². The van der Waals surface area contributed by atoms with E-state index >= 15 is 0 Å². The lowest BCUT2D eigenvalue weighted by atomic mass is 9.86. The first kappa shape index (κ1) is 13.1. The van der Waals surface area contributed by atoms with E-state index in [2.05, 4.69) is 9.97 Å². The fraction of sp³-hybridized carbons (Fsp3) is 0.692. The van der Waals surface area contributed by atoms with Crippen molar-refractivity contribution < 1.29 is 4.74 Å². The molecule has 1 saturated carbocycles. The molecule has 2 unspecified atom stereocenters. The van der Waals surface area contributed by atoms with Gasteiger partial charge in [0.05, 0.1) is 0 Å². The van der Waals surface area contributed by atoms with Crippen LogP contribution in [0.4, 0.5) is 5.95 Å². The van der Waals surface area contributed by atoms with Crippen LogP contribution in [0.3, 0.4) is 0 Å². The third-order valence-electron chi connectivity index (χ3n) is 3.43. The first-order chi connectivity index (χ1) is 8.70. The molecule has 1 aromatic rings. The van der Waals surface area contributed by atoms with Crippen molar-refractivity contribution in [1.29, 1.82) is 0 Å². The Kier molecular flexibility index (Phi) is 4.36. The minimum Gasteiger partial charge on any atom is -0.474 e. The van der Waals surface area contributed by atoms with E-state index in [0.29, 0.717) is 24.3 Å². The van der Waals surface area contributed by atoms with Crippen LogP contribution in [-0.2, 0) is 0 Å². The lowest BCUT2D eigenvalue weighted by Gasteiger charge is -2.30. The van der Waals surface area contributed by atoms with Crippen LogP contribution in [-0.4, -0.2) is 36.7 Å². The van der Waals surface area contributed by atoms with Gasteiger partial charge in [-0.3, -0.25) is 0 Å². The number of aromatic nitrogens is 2. The molecule has 2 atom stereocenters. The molecule has 0 aliphatic heterocycles. The summed E-state index contributed by atoms with van der Waals surface area (Å²) < 4.78 is 5.99. The van der Waals surface area contributed by atoms with E-state index in [1.165, 1.54) is 12.8 Å². The van der Waals surface area contributed by atoms with Crippen molar-refractivity contribution in [3.63, 3.8) is 0 Å². The molecule has 18 heavy (non-hydrogen) atoms. The molecule has 0 aromatic carbocycles. The summed E-state index contributed by atoms with van der Waals surface area (Å²) in [6, 6.07) is 1.81. The molecule has 1 aliphatic rings. The Balaban J connectivity index is 2.05. The summed E-state index contributed by atoms with van der Waals surface area (Å²) in [5, 5.41) is 0. The summed E-state index contributed by atoms with van der Waals surface area (Å²) in [7, 11) is 3.84. The van der Waals surface area contributed by atoms with Gasteiger partial charge < -0.3 is 15.4 Å². The average Bonchev–Trinajstić information content (AvgIpc) is 2.39. The number of nitrogens with zero attached hydrogens (tertiary/aromatic N) is 3. The maximum atomic E-state index is 5.99. The lowest BCUT2D eigenvalue weighted by molar-refractivity contribution is 0.0922. The van der Waals surface area contributed by atoms with Gasteiger partial charge in [-0.05, 0) is 25.8 Å². The predicted molar refractivity (Wildman–Crippen MR) is 71.8 cm³/mol. The summed E-state index contributed by atoms with van der Waals surface area (Å²) in [5.41, 5.74) is 5.80. The van der Waals surface area contributed by atoms with Crippen molar-refractivity contribution in [2.75, 3.05) is 25.5 Å². The molecule has 5 nitrogen and oxygen atoms in total. The third-order valence-corrected chi connectivity index (χ3v) is 3.43. The Morgan fingerprint density at radius 1 is 1.39 bits per heavy atom. The molecule has 100 valence electrons. The van der Waals surface area contributed by atoms with Crippen molar-refractivity contribution in [3.8, 4) is 5.88 Å². The molecular weight excluding hydrogens is 228 g/mol. The molecule has 0 bridgehead atoms. The Hall–Kier alpha value is -1.36. The average molecular weight is 250 g/mol. The molecule has 0 spiro atoms. The zero-order chi connectivity index (χ0) is 13.0. The maximum Gasteiger partial charge on any atom is 0.228 e. The predicted octanol–water partition coefficient (Wildman–Crippen LogP) is 1.44. The Bertz CT molecular complexity index is 383. The van der Waals surface area contributed by atoms with Crippen LogP contribution < -0.4 is 15.4 Å². The van der Waals surface area contributed by atoms with Gasteiger partial charge in [-0.25, -0.2) is 4.98 Å². The third kappa shape index (κ3) is 3.10. The number of nitrogens with two attached hydrogens (primary N) is 1. The van der Waals surface area contributed by atoms with Gasteiger partial charge in [-0.15, -0.1) is 0 Å². The number of hydrogen-bond acceptors (Lipinski definition) is 5. The SMILES string of the molecule is CN(C)c1nccc(OC2CCCCC2CN)n1. The smallest absolute Gasteiger partial charge is 0.228 e. The van der Waals surface area contributed by atoms with E-state index < -0.39 is 0 Å². The van der Waals surface area contributed by atoms with Gasteiger partial charge in [-0.2, -0.15) is 4.98 Å². The summed E-state index contributed by atoms with van der Waals surface area (Å²) in [5.74, 6) is 1.78. The van der Waals surface area contributed by atoms with Crippen LogP contribution in [0.5, 0.6) is 5.88 Å². The molecule has 1 aliphatic carbocycles. The van der Waals surface area contributed by atoms with Gasteiger partial charge >= 0.3 is 0 Å². The van der Waals surface area contributed by atoms with Crippen LogP contribution in [0.2, 0.25) is 0 Å². The normalized spacial score (nSPS) is 23.7. The fourth-order valence-electron chi connectivity index (χ4n) is 2.37. The van der Waals surface area contributed by atoms with Gasteiger partial charge in [0, 0.05) is 32.3 Å². The Labute approximate surface area is 108 Å². The van der Waals surface area contributed by atoms with Crippen molar-refractivity contribution in [2.45, 2.75) is 31.8 Å². The summed E-state index contributed by atoms with van der Waals surface area (Å²) in [6.45, 7) is 0.691. The Morgan fingerprint density at radius 3 is 2.89 bits per heavy atom. The van der Waals surface area contributed by atoms with Crippen LogP contribution in [0.15, 0.2) is 12.3 Å². The van der Waals surface area contributed by atoms with Crippen molar-refractivity contribution >= 4 is 5.95 Å². The van der Waals surface area contributed by atoms with Crippen LogP contribution in [0.25, 0.3) is 0 Å². The van der Waals surface area contributed by atoms with Crippen molar-refractivity contribution in [2.24, 2.45) is 11.7 Å². The van der Waals surface area contributed by atoms with Gasteiger partial charge in [0.1, 0.15) is 6.10 Å². The molecule has 0 amide bonds. The number of anilines is 1. The molecular formula is C13H22N4O.